The average Bonchev–Trinajstić information content (AvgIpc) is 3.08. The number of rotatable bonds is 4. The molecule has 1 aliphatic rings. The molecule has 1 amide bonds. The highest BCUT2D eigenvalue weighted by Crippen LogP contribution is 2.41. The van der Waals surface area contributed by atoms with Gasteiger partial charge in [0.2, 0.25) is 5.91 Å². The van der Waals surface area contributed by atoms with Crippen molar-refractivity contribution in [2.45, 2.75) is 59.5 Å². The van der Waals surface area contributed by atoms with Crippen LogP contribution in [0.3, 0.4) is 0 Å². The molecule has 1 N–H and O–H groups in total. The molecule has 1 aromatic carbocycles. The van der Waals surface area contributed by atoms with E-state index in [1.807, 2.05) is 37.3 Å². The Morgan fingerprint density at radius 1 is 1.30 bits per heavy atom. The number of aryl methyl sites for hydroxylation is 1. The van der Waals surface area contributed by atoms with Gasteiger partial charge in [-0.05, 0) is 48.6 Å². The molecule has 7 heteroatoms. The van der Waals surface area contributed by atoms with E-state index in [0.717, 1.165) is 30.4 Å². The fourth-order valence-electron chi connectivity index (χ4n) is 4.22. The van der Waals surface area contributed by atoms with E-state index >= 15 is 0 Å². The molecule has 0 radical (unpaired) electrons. The maximum absolute atomic E-state index is 13.1. The number of nitrogens with zero attached hydrogens (tertiary/aromatic N) is 3. The number of nitrogens with one attached hydrogen (secondary N) is 1. The second-order valence-corrected chi connectivity index (χ2v) is 10.3. The molecule has 30 heavy (non-hydrogen) atoms. The second-order valence-electron chi connectivity index (χ2n) is 9.24. The van der Waals surface area contributed by atoms with Gasteiger partial charge in [0.15, 0.2) is 4.83 Å². The summed E-state index contributed by atoms with van der Waals surface area (Å²) in [5.41, 5.74) is 2.16. The Kier molecular flexibility index (Phi) is 5.49. The zero-order valence-corrected chi connectivity index (χ0v) is 18.8. The minimum Gasteiger partial charge on any atom is -0.348 e. The number of hydrogen-bond acceptors (Lipinski definition) is 5. The van der Waals surface area contributed by atoms with Crippen LogP contribution in [0.4, 0.5) is 0 Å². The Morgan fingerprint density at radius 2 is 2.03 bits per heavy atom. The number of amides is 1. The van der Waals surface area contributed by atoms with Gasteiger partial charge in [-0.2, -0.15) is 0 Å². The summed E-state index contributed by atoms with van der Waals surface area (Å²) >= 11 is 1.58. The Balaban J connectivity index is 1.56. The first-order valence-electron chi connectivity index (χ1n) is 10.5. The van der Waals surface area contributed by atoms with Crippen molar-refractivity contribution in [3.8, 4) is 0 Å². The molecule has 3 aromatic rings. The molecule has 2 aromatic heterocycles. The summed E-state index contributed by atoms with van der Waals surface area (Å²) in [6.45, 7) is 8.62. The predicted octanol–water partition coefficient (Wildman–Crippen LogP) is 3.88. The number of fused-ring (bicyclic) bond motifs is 3. The quantitative estimate of drug-likeness (QED) is 0.689. The van der Waals surface area contributed by atoms with Crippen molar-refractivity contribution in [1.29, 1.82) is 0 Å². The molecule has 2 atom stereocenters. The summed E-state index contributed by atoms with van der Waals surface area (Å²) < 4.78 is 1.19. The largest absolute Gasteiger partial charge is 0.348 e. The summed E-state index contributed by atoms with van der Waals surface area (Å²) in [5.74, 6) is 0.345. The van der Waals surface area contributed by atoms with E-state index in [4.69, 9.17) is 0 Å². The minimum absolute atomic E-state index is 0.131. The van der Waals surface area contributed by atoms with Crippen LogP contribution >= 0.6 is 11.3 Å². The normalized spacial score (nSPS) is 17.5. The van der Waals surface area contributed by atoms with Crippen molar-refractivity contribution in [2.75, 3.05) is 0 Å². The van der Waals surface area contributed by atoms with Crippen LogP contribution in [0.2, 0.25) is 0 Å². The Labute approximate surface area is 180 Å². The molecule has 0 unspecified atom stereocenters. The molecule has 0 saturated heterocycles. The molecule has 4 rings (SSSR count). The van der Waals surface area contributed by atoms with E-state index in [-0.39, 0.29) is 29.5 Å². The Morgan fingerprint density at radius 3 is 2.73 bits per heavy atom. The second kappa shape index (κ2) is 7.95. The van der Waals surface area contributed by atoms with Crippen molar-refractivity contribution in [3.05, 3.63) is 56.7 Å². The van der Waals surface area contributed by atoms with Gasteiger partial charge in [-0.25, -0.2) is 4.68 Å². The highest BCUT2D eigenvalue weighted by Gasteiger charge is 2.32. The molecule has 0 spiro atoms. The highest BCUT2D eigenvalue weighted by molar-refractivity contribution is 7.18. The van der Waals surface area contributed by atoms with E-state index in [0.29, 0.717) is 16.1 Å². The van der Waals surface area contributed by atoms with Gasteiger partial charge in [0.1, 0.15) is 6.54 Å². The fraction of sp³-hybridized carbons (Fsp3) is 0.478. The topological polar surface area (TPSA) is 76.9 Å². The number of aromatic nitrogens is 3. The van der Waals surface area contributed by atoms with Crippen LogP contribution in [0.1, 0.15) is 56.2 Å². The predicted molar refractivity (Wildman–Crippen MR) is 120 cm³/mol. The van der Waals surface area contributed by atoms with Crippen molar-refractivity contribution in [3.63, 3.8) is 0 Å². The third-order valence-electron chi connectivity index (χ3n) is 6.13. The number of hydrogen-bond donors (Lipinski definition) is 1. The number of thiophene rings is 1. The monoisotopic (exact) mass is 424 g/mol. The maximum atomic E-state index is 13.1. The summed E-state index contributed by atoms with van der Waals surface area (Å²) in [4.78, 5) is 27.6. The van der Waals surface area contributed by atoms with Gasteiger partial charge in [-0.1, -0.05) is 56.3 Å². The lowest BCUT2D eigenvalue weighted by Crippen LogP contribution is -2.35. The summed E-state index contributed by atoms with van der Waals surface area (Å²) in [6, 6.07) is 9.59. The van der Waals surface area contributed by atoms with Gasteiger partial charge >= 0.3 is 0 Å². The smallest absolute Gasteiger partial charge is 0.279 e. The van der Waals surface area contributed by atoms with E-state index in [9.17, 15) is 9.59 Å². The molecule has 0 fully saturated rings. The SMILES string of the molecule is C[C@@H](NC(=O)Cn1nnc2sc3c(c2c1=O)CC[C@H](C(C)(C)C)C3)c1ccccc1. The van der Waals surface area contributed by atoms with Crippen LogP contribution in [-0.2, 0) is 24.2 Å². The zero-order valence-electron chi connectivity index (χ0n) is 17.9. The van der Waals surface area contributed by atoms with Crippen LogP contribution < -0.4 is 10.9 Å². The van der Waals surface area contributed by atoms with E-state index in [1.54, 1.807) is 11.3 Å². The first-order chi connectivity index (χ1) is 14.2. The fourth-order valence-corrected chi connectivity index (χ4v) is 5.45. The van der Waals surface area contributed by atoms with Gasteiger partial charge in [0, 0.05) is 4.88 Å². The van der Waals surface area contributed by atoms with E-state index in [1.165, 1.54) is 9.56 Å². The van der Waals surface area contributed by atoms with Crippen molar-refractivity contribution in [2.24, 2.45) is 11.3 Å². The van der Waals surface area contributed by atoms with Crippen LogP contribution in [0.25, 0.3) is 10.2 Å². The summed E-state index contributed by atoms with van der Waals surface area (Å²) in [6.07, 6.45) is 2.93. The Hall–Kier alpha value is -2.54. The molecule has 0 saturated carbocycles. The first-order valence-corrected chi connectivity index (χ1v) is 11.3. The molecular formula is C23H28N4O2S. The van der Waals surface area contributed by atoms with Gasteiger partial charge < -0.3 is 5.32 Å². The van der Waals surface area contributed by atoms with Crippen LogP contribution in [0.5, 0.6) is 0 Å². The standard InChI is InChI=1S/C23H28N4O2S/c1-14(15-8-6-5-7-9-15)24-19(28)13-27-22(29)20-17-11-10-16(23(2,3)4)12-18(17)30-21(20)25-26-27/h5-9,14,16H,10-13H2,1-4H3,(H,24,28)/t14-,16+/m1/s1. The van der Waals surface area contributed by atoms with Crippen LogP contribution in [0.15, 0.2) is 35.1 Å². The molecule has 0 aliphatic heterocycles. The average molecular weight is 425 g/mol. The molecule has 158 valence electrons. The van der Waals surface area contributed by atoms with Crippen molar-refractivity contribution < 1.29 is 4.79 Å². The number of benzene rings is 1. The number of carbonyl (C=O) groups is 1. The third kappa shape index (κ3) is 4.03. The molecule has 0 bridgehead atoms. The third-order valence-corrected chi connectivity index (χ3v) is 7.27. The maximum Gasteiger partial charge on any atom is 0.279 e. The van der Waals surface area contributed by atoms with Crippen LogP contribution in [-0.4, -0.2) is 20.9 Å². The lowest BCUT2D eigenvalue weighted by molar-refractivity contribution is -0.122. The van der Waals surface area contributed by atoms with E-state index in [2.05, 4.69) is 36.4 Å². The highest BCUT2D eigenvalue weighted by atomic mass is 32.1. The minimum atomic E-state index is -0.251. The molecule has 2 heterocycles. The summed E-state index contributed by atoms with van der Waals surface area (Å²) in [7, 11) is 0. The lowest BCUT2D eigenvalue weighted by atomic mass is 9.72. The van der Waals surface area contributed by atoms with E-state index < -0.39 is 0 Å². The van der Waals surface area contributed by atoms with Gasteiger partial charge in [0.25, 0.3) is 5.56 Å². The molecule has 1 aliphatic carbocycles. The number of carbonyl (C=O) groups excluding carboxylic acids is 1. The van der Waals surface area contributed by atoms with Gasteiger partial charge in [-0.3, -0.25) is 9.59 Å². The van der Waals surface area contributed by atoms with Crippen molar-refractivity contribution >= 4 is 27.5 Å². The van der Waals surface area contributed by atoms with Crippen molar-refractivity contribution in [1.82, 2.24) is 20.3 Å². The van der Waals surface area contributed by atoms with Gasteiger partial charge in [0.05, 0.1) is 11.4 Å². The van der Waals surface area contributed by atoms with Gasteiger partial charge in [-0.15, -0.1) is 16.4 Å². The Bertz CT molecular complexity index is 1130. The zero-order chi connectivity index (χ0) is 21.5. The summed E-state index contributed by atoms with van der Waals surface area (Å²) in [5, 5.41) is 11.9. The lowest BCUT2D eigenvalue weighted by Gasteiger charge is -2.33. The molecule has 6 nitrogen and oxygen atoms in total. The van der Waals surface area contributed by atoms with Crippen LogP contribution in [0, 0.1) is 11.3 Å². The first kappa shape index (κ1) is 20.7. The molecular weight excluding hydrogens is 396 g/mol.